The second kappa shape index (κ2) is 47.3. The number of carbonyl (C=O) groups excluding carboxylic acids is 6. The van der Waals surface area contributed by atoms with E-state index < -0.39 is 117 Å². The van der Waals surface area contributed by atoms with E-state index in [0.717, 1.165) is 25.7 Å². The monoisotopic (exact) mass is 1320 g/mol. The maximum absolute atomic E-state index is 13.4. The quantitative estimate of drug-likeness (QED) is 0.0382. The number of unbranched alkanes of at least 4 members (excludes halogenated alkanes) is 10. The van der Waals surface area contributed by atoms with Crippen LogP contribution in [0.2, 0.25) is 0 Å². The van der Waals surface area contributed by atoms with Crippen LogP contribution in [0, 0.1) is 17.8 Å². The van der Waals surface area contributed by atoms with Gasteiger partial charge in [0.1, 0.15) is 42.4 Å². The first kappa shape index (κ1) is 82.6. The second-order valence-corrected chi connectivity index (χ2v) is 25.8. The number of ketones is 1. The van der Waals surface area contributed by atoms with Crippen LogP contribution in [-0.4, -0.2) is 239 Å². The number of Topliss-reactive ketones (excluding diaryl/α,β-unsaturated/α-hetero) is 1. The molecule has 3 fully saturated rings. The van der Waals surface area contributed by atoms with Gasteiger partial charge in [0.15, 0.2) is 18.9 Å². The summed E-state index contributed by atoms with van der Waals surface area (Å²) < 4.78 is 34.1. The summed E-state index contributed by atoms with van der Waals surface area (Å²) in [7, 11) is 0. The molecule has 0 aromatic carbocycles. The van der Waals surface area contributed by atoms with Gasteiger partial charge in [-0.3, -0.25) is 28.8 Å². The molecule has 0 aliphatic carbocycles. The molecule has 0 aromatic rings. The summed E-state index contributed by atoms with van der Waals surface area (Å²) in [6.07, 6.45) is 2.28. The minimum Gasteiger partial charge on any atom is -0.394 e. The Morgan fingerprint density at radius 1 is 0.370 bits per heavy atom. The van der Waals surface area contributed by atoms with Crippen molar-refractivity contribution in [2.75, 3.05) is 72.4 Å². The zero-order chi connectivity index (χ0) is 67.8. The fourth-order valence-corrected chi connectivity index (χ4v) is 11.6. The van der Waals surface area contributed by atoms with Crippen molar-refractivity contribution in [3.8, 4) is 0 Å². The molecule has 3 aliphatic heterocycles. The largest absolute Gasteiger partial charge is 0.394 e. The lowest BCUT2D eigenvalue weighted by Crippen LogP contribution is -2.55. The van der Waals surface area contributed by atoms with Gasteiger partial charge in [-0.2, -0.15) is 0 Å². The topological polar surface area (TPSA) is 412 Å². The molecule has 3 aliphatic rings. The number of rotatable bonds is 51. The van der Waals surface area contributed by atoms with Crippen LogP contribution >= 0.6 is 0 Å². The number of hydrogen-bond acceptors (Lipinski definition) is 22. The fraction of sp³-hybridized carbons (Fsp3) is 0.908. The van der Waals surface area contributed by atoms with Crippen molar-refractivity contribution < 1.29 is 103 Å². The van der Waals surface area contributed by atoms with Crippen molar-refractivity contribution in [3.05, 3.63) is 0 Å². The van der Waals surface area contributed by atoms with E-state index in [0.29, 0.717) is 175 Å². The summed E-state index contributed by atoms with van der Waals surface area (Å²) in [5, 5.41) is 108. The number of aliphatic hydroxyl groups is 9. The SMILES string of the molecule is CC(C)NC(CCC(=O)CCCCCNC(=O)CCCCCO[C@@H]1OC(CO)[C@H](O)C(O)[C@@H]1C)(CCC(=O)NCCCCNC(=O)CCCCCO[C@@H]1OC(CO)[C@H](O)C(O)[C@@H]1C)CCC(=O)NCCCCNC(=O)CCCCCO[C@@H]1OC(CO)[C@H](O)C(O)[C@@H]1C. The van der Waals surface area contributed by atoms with Gasteiger partial charge in [0.25, 0.3) is 0 Å². The highest BCUT2D eigenvalue weighted by atomic mass is 16.7. The molecule has 3 saturated heterocycles. The molecule has 27 nitrogen and oxygen atoms in total. The van der Waals surface area contributed by atoms with Crippen molar-refractivity contribution in [1.29, 1.82) is 0 Å². The maximum Gasteiger partial charge on any atom is 0.220 e. The predicted molar refractivity (Wildman–Crippen MR) is 340 cm³/mol. The standard InChI is InChI=1S/C65H120N6O21/c1-43(2)71-65(29-26-47(75)22-10-6-14-32-66-51(76)23-11-7-19-37-87-62-44(3)56(81)59(84)48(40-72)90-62,30-27-54(79)69-35-17-15-33-67-52(77)24-12-8-20-38-88-63-45(4)57(82)60(85)49(41-73)91-63)31-28-55(80)70-36-18-16-34-68-53(78)25-13-9-21-39-89-64-46(5)58(83)61(86)50(42-74)92-64/h43-46,48-50,56-64,71-74,81-86H,6-42H2,1-5H3,(H,66,76)(H,67,77)(H,68,78)(H,69,79)(H,70,80)/t44-,45-,46-,48?,49?,50?,56?,57?,58?,59-,60-,61-,62+,63+,64+,65?/m0/s1. The molecular weight excluding hydrogens is 1200 g/mol. The van der Waals surface area contributed by atoms with Crippen LogP contribution in [0.5, 0.6) is 0 Å². The van der Waals surface area contributed by atoms with Gasteiger partial charge in [0.2, 0.25) is 29.5 Å². The van der Waals surface area contributed by atoms with E-state index in [-0.39, 0.29) is 60.6 Å². The highest BCUT2D eigenvalue weighted by Gasteiger charge is 2.45. The number of ether oxygens (including phenoxy) is 6. The third-order valence-corrected chi connectivity index (χ3v) is 17.6. The van der Waals surface area contributed by atoms with E-state index >= 15 is 0 Å². The molecule has 0 spiro atoms. The van der Waals surface area contributed by atoms with Gasteiger partial charge in [0.05, 0.1) is 38.1 Å². The molecule has 0 aromatic heterocycles. The highest BCUT2D eigenvalue weighted by molar-refractivity contribution is 5.79. The van der Waals surface area contributed by atoms with E-state index in [2.05, 4.69) is 31.9 Å². The highest BCUT2D eigenvalue weighted by Crippen LogP contribution is 2.31. The Balaban J connectivity index is 1.37. The molecule has 3 heterocycles. The molecule has 0 bridgehead atoms. The Morgan fingerprint density at radius 2 is 0.641 bits per heavy atom. The maximum atomic E-state index is 13.4. The van der Waals surface area contributed by atoms with Gasteiger partial charge in [-0.1, -0.05) is 60.3 Å². The molecule has 6 unspecified atom stereocenters. The Labute approximate surface area is 545 Å². The lowest BCUT2D eigenvalue weighted by atomic mass is 9.81. The molecule has 5 amide bonds. The molecule has 0 radical (unpaired) electrons. The zero-order valence-corrected chi connectivity index (χ0v) is 55.8. The summed E-state index contributed by atoms with van der Waals surface area (Å²) in [6, 6.07) is -0.0224. The van der Waals surface area contributed by atoms with Crippen LogP contribution in [0.1, 0.15) is 202 Å². The molecule has 3 rings (SSSR count). The van der Waals surface area contributed by atoms with E-state index in [1.807, 2.05) is 13.8 Å². The van der Waals surface area contributed by atoms with Gasteiger partial charge >= 0.3 is 0 Å². The number of amides is 5. The number of aliphatic hydroxyl groups excluding tert-OH is 9. The molecule has 15 atom stereocenters. The summed E-state index contributed by atoms with van der Waals surface area (Å²) in [5.74, 6) is -1.85. The average Bonchev–Trinajstić information content (AvgIpc) is 0.908. The Bertz CT molecular complexity index is 1830. The summed E-state index contributed by atoms with van der Waals surface area (Å²) in [4.78, 5) is 77.6. The number of carbonyl (C=O) groups is 6. The minimum atomic E-state index is -1.19. The predicted octanol–water partition coefficient (Wildman–Crippen LogP) is 1.29. The third-order valence-electron chi connectivity index (χ3n) is 17.6. The number of nitrogens with one attached hydrogen (secondary N) is 6. The van der Waals surface area contributed by atoms with Gasteiger partial charge in [-0.25, -0.2) is 0 Å². The Hall–Kier alpha value is -3.62. The summed E-state index contributed by atoms with van der Waals surface area (Å²) in [6.45, 7) is 11.1. The van der Waals surface area contributed by atoms with Gasteiger partial charge in [-0.15, -0.1) is 0 Å². The fourth-order valence-electron chi connectivity index (χ4n) is 11.6. The molecule has 0 saturated carbocycles. The normalized spacial score (nSPS) is 27.3. The lowest BCUT2D eigenvalue weighted by Gasteiger charge is -2.40. The molecule has 92 heavy (non-hydrogen) atoms. The first-order chi connectivity index (χ1) is 44.1. The van der Waals surface area contributed by atoms with E-state index in [1.54, 1.807) is 20.8 Å². The van der Waals surface area contributed by atoms with Crippen LogP contribution in [0.4, 0.5) is 0 Å². The van der Waals surface area contributed by atoms with E-state index in [4.69, 9.17) is 28.4 Å². The molecular formula is C65H120N6O21. The summed E-state index contributed by atoms with van der Waals surface area (Å²) in [5.41, 5.74) is -0.703. The van der Waals surface area contributed by atoms with Crippen molar-refractivity contribution >= 4 is 35.3 Å². The van der Waals surface area contributed by atoms with Crippen LogP contribution in [0.15, 0.2) is 0 Å². The minimum absolute atomic E-state index is 0.0224. The van der Waals surface area contributed by atoms with Crippen LogP contribution in [-0.2, 0) is 57.2 Å². The van der Waals surface area contributed by atoms with E-state index in [1.165, 1.54) is 0 Å². The Kier molecular flexibility index (Phi) is 42.5. The van der Waals surface area contributed by atoms with Crippen molar-refractivity contribution in [2.24, 2.45) is 17.8 Å². The smallest absolute Gasteiger partial charge is 0.220 e. The summed E-state index contributed by atoms with van der Waals surface area (Å²) >= 11 is 0. The molecule has 15 N–H and O–H groups in total. The van der Waals surface area contributed by atoms with Crippen LogP contribution < -0.4 is 31.9 Å². The first-order valence-electron chi connectivity index (χ1n) is 34.4. The van der Waals surface area contributed by atoms with Crippen molar-refractivity contribution in [2.45, 2.75) is 287 Å². The van der Waals surface area contributed by atoms with E-state index in [9.17, 15) is 74.7 Å². The van der Waals surface area contributed by atoms with Crippen LogP contribution in [0.25, 0.3) is 0 Å². The first-order valence-corrected chi connectivity index (χ1v) is 34.4. The molecule has 536 valence electrons. The molecule has 27 heteroatoms. The average molecular weight is 1320 g/mol. The van der Waals surface area contributed by atoms with Gasteiger partial charge in [-0.05, 0) is 96.3 Å². The van der Waals surface area contributed by atoms with Crippen LogP contribution in [0.3, 0.4) is 0 Å². The Morgan fingerprint density at radius 3 is 0.946 bits per heavy atom. The second-order valence-electron chi connectivity index (χ2n) is 25.8. The van der Waals surface area contributed by atoms with Gasteiger partial charge in [0, 0.05) is 127 Å². The zero-order valence-electron chi connectivity index (χ0n) is 55.8. The van der Waals surface area contributed by atoms with Gasteiger partial charge < -0.3 is 106 Å². The third kappa shape index (κ3) is 32.4. The van der Waals surface area contributed by atoms with Crippen molar-refractivity contribution in [3.63, 3.8) is 0 Å². The number of hydrogen-bond donors (Lipinski definition) is 15. The lowest BCUT2D eigenvalue weighted by molar-refractivity contribution is -0.282. The van der Waals surface area contributed by atoms with Crippen molar-refractivity contribution in [1.82, 2.24) is 31.9 Å².